The van der Waals surface area contributed by atoms with E-state index in [0.717, 1.165) is 34.4 Å². The molecule has 1 aromatic heterocycles. The Hall–Kier alpha value is -3.12. The van der Waals surface area contributed by atoms with E-state index in [-0.39, 0.29) is 5.91 Å². The van der Waals surface area contributed by atoms with Gasteiger partial charge in [-0.2, -0.15) is 0 Å². The van der Waals surface area contributed by atoms with E-state index < -0.39 is 6.10 Å². The SMILES string of the molecule is COCCn1ccc2cc(NC(=O)[C@@H]3CC(c4ccccc4)=NO3)ccc21. The van der Waals surface area contributed by atoms with Crippen molar-refractivity contribution in [2.24, 2.45) is 5.16 Å². The molecule has 1 amide bonds. The zero-order valence-electron chi connectivity index (χ0n) is 15.1. The van der Waals surface area contributed by atoms with E-state index >= 15 is 0 Å². The minimum absolute atomic E-state index is 0.192. The number of carbonyl (C=O) groups excluding carboxylic acids is 1. The Balaban J connectivity index is 1.41. The molecule has 2 heterocycles. The van der Waals surface area contributed by atoms with E-state index in [2.05, 4.69) is 15.0 Å². The van der Waals surface area contributed by atoms with Crippen LogP contribution in [0.4, 0.5) is 5.69 Å². The van der Waals surface area contributed by atoms with Gasteiger partial charge in [0.1, 0.15) is 0 Å². The van der Waals surface area contributed by atoms with Gasteiger partial charge in [0.25, 0.3) is 5.91 Å². The Bertz CT molecular complexity index is 979. The zero-order valence-corrected chi connectivity index (χ0v) is 15.1. The summed E-state index contributed by atoms with van der Waals surface area (Å²) < 4.78 is 7.26. The predicted octanol–water partition coefficient (Wildman–Crippen LogP) is 3.42. The van der Waals surface area contributed by atoms with Gasteiger partial charge in [-0.1, -0.05) is 35.5 Å². The first-order chi connectivity index (χ1) is 13.2. The molecule has 6 heteroatoms. The van der Waals surface area contributed by atoms with E-state index in [0.29, 0.717) is 13.0 Å². The van der Waals surface area contributed by atoms with Crippen LogP contribution in [0.25, 0.3) is 10.9 Å². The molecule has 0 fully saturated rings. The van der Waals surface area contributed by atoms with Gasteiger partial charge in [-0.15, -0.1) is 0 Å². The number of oxime groups is 1. The van der Waals surface area contributed by atoms with Gasteiger partial charge < -0.3 is 19.5 Å². The van der Waals surface area contributed by atoms with Gasteiger partial charge in [-0.05, 0) is 29.8 Å². The molecule has 1 N–H and O–H groups in total. The molecule has 0 saturated heterocycles. The molecule has 3 aromatic rings. The Kier molecular flexibility index (Phi) is 4.89. The summed E-state index contributed by atoms with van der Waals surface area (Å²) in [7, 11) is 1.69. The van der Waals surface area contributed by atoms with Crippen LogP contribution < -0.4 is 5.32 Å². The number of fused-ring (bicyclic) bond motifs is 1. The first-order valence-electron chi connectivity index (χ1n) is 8.91. The molecule has 27 heavy (non-hydrogen) atoms. The molecule has 0 unspecified atom stereocenters. The van der Waals surface area contributed by atoms with E-state index in [1.54, 1.807) is 7.11 Å². The van der Waals surface area contributed by atoms with E-state index in [9.17, 15) is 4.79 Å². The van der Waals surface area contributed by atoms with Crippen molar-refractivity contribution in [1.82, 2.24) is 4.57 Å². The molecule has 1 atom stereocenters. The highest BCUT2D eigenvalue weighted by Crippen LogP contribution is 2.22. The molecule has 2 aromatic carbocycles. The van der Waals surface area contributed by atoms with Crippen LogP contribution >= 0.6 is 0 Å². The van der Waals surface area contributed by atoms with Crippen LogP contribution in [0.15, 0.2) is 65.9 Å². The number of rotatable bonds is 6. The van der Waals surface area contributed by atoms with Gasteiger partial charge in [0.05, 0.1) is 12.3 Å². The van der Waals surface area contributed by atoms with Gasteiger partial charge >= 0.3 is 0 Å². The molecule has 0 aliphatic carbocycles. The number of ether oxygens (including phenoxy) is 1. The standard InChI is InChI=1S/C21H21N3O3/c1-26-12-11-24-10-9-16-13-17(7-8-19(16)24)22-21(25)20-14-18(23-27-20)15-5-3-2-4-6-15/h2-10,13,20H,11-12,14H2,1H3,(H,22,25)/t20-/m0/s1. The van der Waals surface area contributed by atoms with Gasteiger partial charge in [-0.3, -0.25) is 4.79 Å². The fourth-order valence-electron chi connectivity index (χ4n) is 3.20. The second-order valence-corrected chi connectivity index (χ2v) is 6.47. The van der Waals surface area contributed by atoms with Crippen molar-refractivity contribution in [2.75, 3.05) is 19.0 Å². The fraction of sp³-hybridized carbons (Fsp3) is 0.238. The highest BCUT2D eigenvalue weighted by atomic mass is 16.6. The molecule has 0 radical (unpaired) electrons. The molecule has 4 rings (SSSR count). The van der Waals surface area contributed by atoms with Crippen LogP contribution in [0.1, 0.15) is 12.0 Å². The van der Waals surface area contributed by atoms with Crippen LogP contribution in [-0.2, 0) is 20.9 Å². The Morgan fingerprint density at radius 2 is 2.11 bits per heavy atom. The number of benzene rings is 2. The van der Waals surface area contributed by atoms with Gasteiger partial charge in [0.2, 0.25) is 6.10 Å². The molecule has 1 aliphatic heterocycles. The Morgan fingerprint density at radius 1 is 1.26 bits per heavy atom. The monoisotopic (exact) mass is 363 g/mol. The predicted molar refractivity (Wildman–Crippen MR) is 105 cm³/mol. The van der Waals surface area contributed by atoms with Crippen molar-refractivity contribution in [2.45, 2.75) is 19.1 Å². The number of nitrogens with one attached hydrogen (secondary N) is 1. The van der Waals surface area contributed by atoms with E-state index in [4.69, 9.17) is 9.57 Å². The summed E-state index contributed by atoms with van der Waals surface area (Å²) in [5.74, 6) is -0.192. The van der Waals surface area contributed by atoms with Gasteiger partial charge in [0, 0.05) is 42.9 Å². The maximum Gasteiger partial charge on any atom is 0.268 e. The van der Waals surface area contributed by atoms with Crippen molar-refractivity contribution in [3.63, 3.8) is 0 Å². The second kappa shape index (κ2) is 7.63. The average molecular weight is 363 g/mol. The molecular formula is C21H21N3O3. The number of hydrogen-bond acceptors (Lipinski definition) is 4. The third-order valence-electron chi connectivity index (χ3n) is 4.64. The average Bonchev–Trinajstić information content (AvgIpc) is 3.34. The lowest BCUT2D eigenvalue weighted by atomic mass is 10.0. The molecule has 0 bridgehead atoms. The smallest absolute Gasteiger partial charge is 0.268 e. The lowest BCUT2D eigenvalue weighted by molar-refractivity contribution is -0.125. The summed E-state index contributed by atoms with van der Waals surface area (Å²) in [5, 5.41) is 8.07. The normalized spacial score (nSPS) is 16.2. The van der Waals surface area contributed by atoms with Crippen LogP contribution in [0.2, 0.25) is 0 Å². The molecule has 1 aliphatic rings. The van der Waals surface area contributed by atoms with Crippen LogP contribution in [-0.4, -0.2) is 36.0 Å². The number of carbonyl (C=O) groups is 1. The van der Waals surface area contributed by atoms with Crippen LogP contribution in [0.5, 0.6) is 0 Å². The van der Waals surface area contributed by atoms with E-state index in [1.165, 1.54) is 0 Å². The lowest BCUT2D eigenvalue weighted by Crippen LogP contribution is -2.28. The van der Waals surface area contributed by atoms with Gasteiger partial charge in [-0.25, -0.2) is 0 Å². The minimum atomic E-state index is -0.609. The molecule has 0 spiro atoms. The lowest BCUT2D eigenvalue weighted by Gasteiger charge is -2.10. The quantitative estimate of drug-likeness (QED) is 0.730. The largest absolute Gasteiger partial charge is 0.383 e. The zero-order chi connectivity index (χ0) is 18.6. The number of methoxy groups -OCH3 is 1. The summed E-state index contributed by atoms with van der Waals surface area (Å²) >= 11 is 0. The maximum absolute atomic E-state index is 12.5. The van der Waals surface area contributed by atoms with E-state index in [1.807, 2.05) is 60.8 Å². The van der Waals surface area contributed by atoms with Gasteiger partial charge in [0.15, 0.2) is 0 Å². The topological polar surface area (TPSA) is 64.8 Å². The highest BCUT2D eigenvalue weighted by Gasteiger charge is 2.28. The summed E-state index contributed by atoms with van der Waals surface area (Å²) in [6.07, 6.45) is 1.88. The maximum atomic E-state index is 12.5. The number of amides is 1. The fourth-order valence-corrected chi connectivity index (χ4v) is 3.20. The van der Waals surface area contributed by atoms with Crippen LogP contribution in [0, 0.1) is 0 Å². The Morgan fingerprint density at radius 3 is 2.93 bits per heavy atom. The van der Waals surface area contributed by atoms with Crippen molar-refractivity contribution in [3.8, 4) is 0 Å². The van der Waals surface area contributed by atoms with Crippen molar-refractivity contribution >= 4 is 28.2 Å². The molecule has 0 saturated carbocycles. The number of nitrogens with zero attached hydrogens (tertiary/aromatic N) is 2. The summed E-state index contributed by atoms with van der Waals surface area (Å²) in [6, 6.07) is 17.7. The summed E-state index contributed by atoms with van der Waals surface area (Å²) in [6.45, 7) is 1.45. The number of anilines is 1. The molecule has 138 valence electrons. The van der Waals surface area contributed by atoms with Crippen molar-refractivity contribution in [3.05, 3.63) is 66.4 Å². The third kappa shape index (κ3) is 3.71. The number of hydrogen-bond donors (Lipinski definition) is 1. The Labute approximate surface area is 157 Å². The summed E-state index contributed by atoms with van der Waals surface area (Å²) in [4.78, 5) is 17.9. The third-order valence-corrected chi connectivity index (χ3v) is 4.64. The second-order valence-electron chi connectivity index (χ2n) is 6.47. The molecular weight excluding hydrogens is 342 g/mol. The first kappa shape index (κ1) is 17.3. The van der Waals surface area contributed by atoms with Crippen molar-refractivity contribution in [1.29, 1.82) is 0 Å². The van der Waals surface area contributed by atoms with Crippen molar-refractivity contribution < 1.29 is 14.4 Å². The molecule has 6 nitrogen and oxygen atoms in total. The first-order valence-corrected chi connectivity index (χ1v) is 8.91. The number of aromatic nitrogens is 1. The summed E-state index contributed by atoms with van der Waals surface area (Å²) in [5.41, 5.74) is 3.62. The highest BCUT2D eigenvalue weighted by molar-refractivity contribution is 6.06. The van der Waals surface area contributed by atoms with Crippen LogP contribution in [0.3, 0.4) is 0 Å². The minimum Gasteiger partial charge on any atom is -0.383 e.